The molecule has 0 atom stereocenters. The van der Waals surface area contributed by atoms with E-state index in [9.17, 15) is 4.79 Å². The van der Waals surface area contributed by atoms with Crippen molar-refractivity contribution in [3.05, 3.63) is 86.6 Å². The van der Waals surface area contributed by atoms with E-state index in [1.807, 2.05) is 56.3 Å². The molecule has 6 nitrogen and oxygen atoms in total. The number of rotatable bonds is 7. The van der Waals surface area contributed by atoms with E-state index in [2.05, 4.69) is 15.3 Å². The minimum atomic E-state index is 0.00110. The van der Waals surface area contributed by atoms with Crippen LogP contribution in [0.4, 0.5) is 0 Å². The van der Waals surface area contributed by atoms with E-state index < -0.39 is 0 Å². The number of benzene rings is 1. The minimum Gasteiger partial charge on any atom is -0.370 e. The van der Waals surface area contributed by atoms with Gasteiger partial charge in [-0.2, -0.15) is 0 Å². The SMILES string of the molecule is Cc1nc(C)c(-c2csc(Cc3ccc(C(=O)N4CC(OCc5ccccc5)C4)cn3)n2)s1. The highest BCUT2D eigenvalue weighted by Gasteiger charge is 2.32. The molecule has 1 aliphatic rings. The fraction of sp³-hybridized carbons (Fsp3) is 0.280. The Morgan fingerprint density at radius 3 is 2.64 bits per heavy atom. The zero-order chi connectivity index (χ0) is 22.8. The number of amides is 1. The van der Waals surface area contributed by atoms with Gasteiger partial charge < -0.3 is 9.64 Å². The molecule has 1 aliphatic heterocycles. The Kier molecular flexibility index (Phi) is 6.30. The normalized spacial score (nSPS) is 13.8. The largest absolute Gasteiger partial charge is 0.370 e. The molecule has 0 radical (unpaired) electrons. The van der Waals surface area contributed by atoms with Crippen molar-refractivity contribution >= 4 is 28.6 Å². The molecule has 0 N–H and O–H groups in total. The zero-order valence-electron chi connectivity index (χ0n) is 18.5. The van der Waals surface area contributed by atoms with Crippen LogP contribution in [0.5, 0.6) is 0 Å². The second-order valence-corrected chi connectivity index (χ2v) is 10.3. The van der Waals surface area contributed by atoms with Gasteiger partial charge >= 0.3 is 0 Å². The van der Waals surface area contributed by atoms with Crippen molar-refractivity contribution in [2.75, 3.05) is 13.1 Å². The summed E-state index contributed by atoms with van der Waals surface area (Å²) in [6.07, 6.45) is 2.40. The van der Waals surface area contributed by atoms with E-state index in [4.69, 9.17) is 9.72 Å². The van der Waals surface area contributed by atoms with Crippen molar-refractivity contribution in [1.29, 1.82) is 0 Å². The number of likely N-dealkylation sites (tertiary alicyclic amines) is 1. The molecule has 0 saturated carbocycles. The smallest absolute Gasteiger partial charge is 0.255 e. The average molecular weight is 477 g/mol. The molecule has 33 heavy (non-hydrogen) atoms. The quantitative estimate of drug-likeness (QED) is 0.379. The first kappa shape index (κ1) is 21.9. The van der Waals surface area contributed by atoms with Crippen molar-refractivity contribution in [3.63, 3.8) is 0 Å². The first-order valence-corrected chi connectivity index (χ1v) is 12.5. The number of ether oxygens (including phenoxy) is 1. The van der Waals surface area contributed by atoms with E-state index in [1.54, 1.807) is 33.8 Å². The lowest BCUT2D eigenvalue weighted by Crippen LogP contribution is -2.54. The summed E-state index contributed by atoms with van der Waals surface area (Å²) >= 11 is 3.30. The number of pyridine rings is 1. The van der Waals surface area contributed by atoms with Crippen LogP contribution < -0.4 is 0 Å². The van der Waals surface area contributed by atoms with Gasteiger partial charge in [-0.15, -0.1) is 22.7 Å². The Morgan fingerprint density at radius 1 is 1.12 bits per heavy atom. The van der Waals surface area contributed by atoms with Crippen molar-refractivity contribution < 1.29 is 9.53 Å². The van der Waals surface area contributed by atoms with Crippen LogP contribution >= 0.6 is 22.7 Å². The number of thiazole rings is 2. The lowest BCUT2D eigenvalue weighted by Gasteiger charge is -2.38. The van der Waals surface area contributed by atoms with Gasteiger partial charge in [-0.3, -0.25) is 9.78 Å². The fourth-order valence-corrected chi connectivity index (χ4v) is 5.51. The highest BCUT2D eigenvalue weighted by molar-refractivity contribution is 7.16. The first-order chi connectivity index (χ1) is 16.0. The van der Waals surface area contributed by atoms with Gasteiger partial charge in [0.1, 0.15) is 0 Å². The summed E-state index contributed by atoms with van der Waals surface area (Å²) in [6, 6.07) is 13.9. The summed E-state index contributed by atoms with van der Waals surface area (Å²) in [4.78, 5) is 29.4. The molecular formula is C25H24N4O2S2. The van der Waals surface area contributed by atoms with Crippen molar-refractivity contribution in [2.45, 2.75) is 33.0 Å². The molecule has 1 saturated heterocycles. The average Bonchev–Trinajstić information content (AvgIpc) is 3.39. The molecule has 8 heteroatoms. The van der Waals surface area contributed by atoms with Crippen molar-refractivity contribution in [3.8, 4) is 10.6 Å². The van der Waals surface area contributed by atoms with Gasteiger partial charge in [0.2, 0.25) is 0 Å². The molecule has 0 spiro atoms. The number of carbonyl (C=O) groups excluding carboxylic acids is 1. The number of aromatic nitrogens is 3. The molecule has 0 aliphatic carbocycles. The van der Waals surface area contributed by atoms with E-state index >= 15 is 0 Å². The van der Waals surface area contributed by atoms with Gasteiger partial charge in [-0.05, 0) is 31.5 Å². The van der Waals surface area contributed by atoms with Crippen LogP contribution in [0, 0.1) is 13.8 Å². The Labute approximate surface area is 200 Å². The fourth-order valence-electron chi connectivity index (χ4n) is 3.76. The van der Waals surface area contributed by atoms with Gasteiger partial charge in [0, 0.05) is 36.8 Å². The summed E-state index contributed by atoms with van der Waals surface area (Å²) in [5.74, 6) is 0.00110. The molecule has 5 rings (SSSR count). The summed E-state index contributed by atoms with van der Waals surface area (Å²) < 4.78 is 5.89. The van der Waals surface area contributed by atoms with Crippen LogP contribution in [0.3, 0.4) is 0 Å². The number of hydrogen-bond acceptors (Lipinski definition) is 7. The molecule has 1 amide bonds. The Balaban J connectivity index is 1.13. The maximum Gasteiger partial charge on any atom is 0.255 e. The summed E-state index contributed by atoms with van der Waals surface area (Å²) in [5, 5.41) is 4.13. The molecule has 1 fully saturated rings. The molecule has 168 valence electrons. The highest BCUT2D eigenvalue weighted by atomic mass is 32.1. The number of aryl methyl sites for hydroxylation is 2. The van der Waals surface area contributed by atoms with E-state index in [0.717, 1.165) is 37.5 Å². The minimum absolute atomic E-state index is 0.00110. The van der Waals surface area contributed by atoms with Crippen molar-refractivity contribution in [1.82, 2.24) is 19.9 Å². The monoisotopic (exact) mass is 476 g/mol. The van der Waals surface area contributed by atoms with Gasteiger partial charge in [0.15, 0.2) is 0 Å². The Bertz CT molecular complexity index is 1250. The van der Waals surface area contributed by atoms with Crippen LogP contribution in [-0.4, -0.2) is 45.0 Å². The van der Waals surface area contributed by atoms with Crippen molar-refractivity contribution in [2.24, 2.45) is 0 Å². The predicted molar refractivity (Wildman–Crippen MR) is 131 cm³/mol. The maximum atomic E-state index is 12.7. The number of carbonyl (C=O) groups is 1. The lowest BCUT2D eigenvalue weighted by molar-refractivity contribution is -0.0503. The topological polar surface area (TPSA) is 68.2 Å². The molecular weight excluding hydrogens is 452 g/mol. The van der Waals surface area contributed by atoms with Gasteiger partial charge in [0.05, 0.1) is 44.6 Å². The second-order valence-electron chi connectivity index (χ2n) is 8.12. The standard InChI is InChI=1S/C25H24N4O2S2/c1-16-24(33-17(2)27-16)22-15-32-23(28-22)10-20-9-8-19(11-26-20)25(30)29-12-21(13-29)31-14-18-6-4-3-5-7-18/h3-9,11,15,21H,10,12-14H2,1-2H3. The van der Waals surface area contributed by atoms with Crippen LogP contribution in [0.15, 0.2) is 54.0 Å². The third kappa shape index (κ3) is 5.03. The third-order valence-electron chi connectivity index (χ3n) is 5.56. The molecule has 0 bridgehead atoms. The lowest BCUT2D eigenvalue weighted by atomic mass is 10.1. The van der Waals surface area contributed by atoms with Crippen LogP contribution in [-0.2, 0) is 17.8 Å². The summed E-state index contributed by atoms with van der Waals surface area (Å²) in [7, 11) is 0. The van der Waals surface area contributed by atoms with E-state index in [0.29, 0.717) is 31.7 Å². The first-order valence-electron chi connectivity index (χ1n) is 10.8. The molecule has 4 aromatic rings. The third-order valence-corrected chi connectivity index (χ3v) is 7.50. The molecule has 4 heterocycles. The highest BCUT2D eigenvalue weighted by Crippen LogP contribution is 2.31. The second kappa shape index (κ2) is 9.51. The van der Waals surface area contributed by atoms with Gasteiger partial charge in [0.25, 0.3) is 5.91 Å². The maximum absolute atomic E-state index is 12.7. The van der Waals surface area contributed by atoms with Gasteiger partial charge in [-0.25, -0.2) is 9.97 Å². The summed E-state index contributed by atoms with van der Waals surface area (Å²) in [5.41, 5.74) is 4.65. The molecule has 3 aromatic heterocycles. The number of nitrogens with zero attached hydrogens (tertiary/aromatic N) is 4. The molecule has 1 aromatic carbocycles. The Morgan fingerprint density at radius 2 is 1.94 bits per heavy atom. The predicted octanol–water partition coefficient (Wildman–Crippen LogP) is 4.91. The number of hydrogen-bond donors (Lipinski definition) is 0. The van der Waals surface area contributed by atoms with E-state index in [-0.39, 0.29) is 12.0 Å². The van der Waals surface area contributed by atoms with Gasteiger partial charge in [-0.1, -0.05) is 30.3 Å². The van der Waals surface area contributed by atoms with E-state index in [1.165, 1.54) is 0 Å². The zero-order valence-corrected chi connectivity index (χ0v) is 20.2. The summed E-state index contributed by atoms with van der Waals surface area (Å²) in [6.45, 7) is 5.84. The Hall–Kier alpha value is -2.94. The van der Waals surface area contributed by atoms with Crippen LogP contribution in [0.25, 0.3) is 10.6 Å². The molecule has 0 unspecified atom stereocenters. The van der Waals surface area contributed by atoms with Crippen LogP contribution in [0.2, 0.25) is 0 Å². The van der Waals surface area contributed by atoms with Crippen LogP contribution in [0.1, 0.15) is 37.3 Å².